The fourth-order valence-electron chi connectivity index (χ4n) is 1.89. The molecule has 0 bridgehead atoms. The number of hydrogen-bond acceptors (Lipinski definition) is 6. The highest BCUT2D eigenvalue weighted by Crippen LogP contribution is 2.20. The zero-order valence-electron chi connectivity index (χ0n) is 10.9. The number of carboxylic acids is 1. The summed E-state index contributed by atoms with van der Waals surface area (Å²) in [6, 6.07) is 0. The van der Waals surface area contributed by atoms with Crippen LogP contribution in [0.2, 0.25) is 0 Å². The van der Waals surface area contributed by atoms with Gasteiger partial charge in [0.15, 0.2) is 16.5 Å². The predicted octanol–water partition coefficient (Wildman–Crippen LogP) is 1.46. The van der Waals surface area contributed by atoms with Gasteiger partial charge in [0.25, 0.3) is 0 Å². The Hall–Kier alpha value is -2.68. The number of esters is 1. The molecule has 1 N–H and O–H groups in total. The van der Waals surface area contributed by atoms with Gasteiger partial charge in [-0.2, -0.15) is 10.1 Å². The summed E-state index contributed by atoms with van der Waals surface area (Å²) in [5, 5.41) is 15.1. The van der Waals surface area contributed by atoms with Crippen molar-refractivity contribution >= 4 is 28.2 Å². The third kappa shape index (κ3) is 2.17. The van der Waals surface area contributed by atoms with Gasteiger partial charge in [-0.3, -0.25) is 4.40 Å². The summed E-state index contributed by atoms with van der Waals surface area (Å²) in [6.07, 6.45) is 4.34. The van der Waals surface area contributed by atoms with Gasteiger partial charge in [-0.05, 0) is 6.92 Å². The van der Waals surface area contributed by atoms with Gasteiger partial charge in [0.05, 0.1) is 18.4 Å². The van der Waals surface area contributed by atoms with Gasteiger partial charge in [-0.1, -0.05) is 0 Å². The average molecular weight is 306 g/mol. The molecule has 0 aromatic carbocycles. The number of carboxylic acid groups (broad SMARTS) is 1. The molecule has 21 heavy (non-hydrogen) atoms. The van der Waals surface area contributed by atoms with E-state index in [4.69, 9.17) is 4.74 Å². The number of carbonyl (C=O) groups excluding carboxylic acids is 1. The number of nitrogens with zero attached hydrogens (tertiary/aromatic N) is 4. The highest BCUT2D eigenvalue weighted by atomic mass is 32.1. The molecule has 108 valence electrons. The maximum absolute atomic E-state index is 11.6. The first kappa shape index (κ1) is 13.3. The smallest absolute Gasteiger partial charge is 0.356 e. The Morgan fingerprint density at radius 1 is 1.48 bits per heavy atom. The molecule has 0 saturated carbocycles. The van der Waals surface area contributed by atoms with Crippen LogP contribution in [0.15, 0.2) is 24.0 Å². The van der Waals surface area contributed by atoms with E-state index in [2.05, 4.69) is 10.1 Å². The summed E-state index contributed by atoms with van der Waals surface area (Å²) in [7, 11) is 0. The summed E-state index contributed by atoms with van der Waals surface area (Å²) in [5.74, 6) is -1.48. The molecule has 0 unspecified atom stereocenters. The molecule has 0 amide bonds. The van der Waals surface area contributed by atoms with Crippen LogP contribution < -0.4 is 0 Å². The second kappa shape index (κ2) is 5.02. The van der Waals surface area contributed by atoms with E-state index in [9.17, 15) is 14.7 Å². The van der Waals surface area contributed by atoms with Crippen molar-refractivity contribution in [2.24, 2.45) is 0 Å². The van der Waals surface area contributed by atoms with Crippen molar-refractivity contribution in [1.82, 2.24) is 19.2 Å². The fourth-order valence-corrected chi connectivity index (χ4v) is 2.60. The zero-order chi connectivity index (χ0) is 15.0. The highest BCUT2D eigenvalue weighted by Gasteiger charge is 2.22. The van der Waals surface area contributed by atoms with E-state index in [1.54, 1.807) is 18.5 Å². The van der Waals surface area contributed by atoms with E-state index < -0.39 is 11.9 Å². The molecule has 9 heteroatoms. The Balaban J connectivity index is 2.08. The number of imidazole rings is 1. The molecule has 0 aliphatic heterocycles. The number of ether oxygens (including phenoxy) is 1. The molecule has 8 nitrogen and oxygen atoms in total. The maximum Gasteiger partial charge on any atom is 0.356 e. The minimum atomic E-state index is -1.12. The quantitative estimate of drug-likeness (QED) is 0.733. The first-order valence-electron chi connectivity index (χ1n) is 6.02. The Morgan fingerprint density at radius 3 is 3.00 bits per heavy atom. The lowest BCUT2D eigenvalue weighted by atomic mass is 10.4. The third-order valence-corrected chi connectivity index (χ3v) is 3.51. The normalized spacial score (nSPS) is 10.9. The Bertz CT molecular complexity index is 831. The highest BCUT2D eigenvalue weighted by molar-refractivity contribution is 7.15. The van der Waals surface area contributed by atoms with E-state index >= 15 is 0 Å². The van der Waals surface area contributed by atoms with E-state index in [-0.39, 0.29) is 23.7 Å². The minimum absolute atomic E-state index is 0.00948. The van der Waals surface area contributed by atoms with Crippen LogP contribution in [-0.4, -0.2) is 42.8 Å². The summed E-state index contributed by atoms with van der Waals surface area (Å²) in [4.78, 5) is 27.8. The molecule has 3 aromatic rings. The molecular formula is C12H10N4O4S. The molecule has 0 spiro atoms. The lowest BCUT2D eigenvalue weighted by Crippen LogP contribution is -2.08. The van der Waals surface area contributed by atoms with Crippen molar-refractivity contribution in [3.8, 4) is 5.82 Å². The number of fused-ring (bicyclic) bond motifs is 1. The van der Waals surface area contributed by atoms with Crippen molar-refractivity contribution < 1.29 is 19.4 Å². The number of aromatic carboxylic acids is 1. The van der Waals surface area contributed by atoms with Crippen LogP contribution in [0.1, 0.15) is 27.8 Å². The Kier molecular flexibility index (Phi) is 3.18. The van der Waals surface area contributed by atoms with Gasteiger partial charge in [-0.25, -0.2) is 14.3 Å². The molecule has 0 aliphatic rings. The zero-order valence-corrected chi connectivity index (χ0v) is 11.7. The second-order valence-electron chi connectivity index (χ2n) is 4.04. The molecule has 0 radical (unpaired) electrons. The van der Waals surface area contributed by atoms with Gasteiger partial charge < -0.3 is 9.84 Å². The van der Waals surface area contributed by atoms with Gasteiger partial charge in [0.2, 0.25) is 0 Å². The van der Waals surface area contributed by atoms with Crippen molar-refractivity contribution in [1.29, 1.82) is 0 Å². The van der Waals surface area contributed by atoms with Crippen LogP contribution in [0.5, 0.6) is 0 Å². The fraction of sp³-hybridized carbons (Fsp3) is 0.167. The Labute approximate surface area is 122 Å². The topological polar surface area (TPSA) is 98.7 Å². The minimum Gasteiger partial charge on any atom is -0.476 e. The van der Waals surface area contributed by atoms with Gasteiger partial charge in [0.1, 0.15) is 0 Å². The molecular weight excluding hydrogens is 296 g/mol. The standard InChI is InChI=1S/C12H10N4O4S/c1-2-20-11(19)7-5-13-16(6-7)9-8(10(17)18)15-3-4-21-12(15)14-9/h3-6H,2H2,1H3,(H,17,18). The van der Waals surface area contributed by atoms with Crippen LogP contribution in [0.4, 0.5) is 0 Å². The third-order valence-electron chi connectivity index (χ3n) is 2.76. The number of hydrogen-bond donors (Lipinski definition) is 1. The number of rotatable bonds is 4. The summed E-state index contributed by atoms with van der Waals surface area (Å²) < 4.78 is 7.59. The van der Waals surface area contributed by atoms with Crippen LogP contribution in [0.25, 0.3) is 10.8 Å². The van der Waals surface area contributed by atoms with Crippen LogP contribution in [0.3, 0.4) is 0 Å². The van der Waals surface area contributed by atoms with Crippen LogP contribution in [-0.2, 0) is 4.74 Å². The lowest BCUT2D eigenvalue weighted by Gasteiger charge is -1.99. The van der Waals surface area contributed by atoms with Crippen LogP contribution in [0, 0.1) is 0 Å². The first-order valence-corrected chi connectivity index (χ1v) is 6.90. The number of aromatic nitrogens is 4. The SMILES string of the molecule is CCOC(=O)c1cnn(-c2nc3sccn3c2C(=O)O)c1. The van der Waals surface area contributed by atoms with Crippen LogP contribution >= 0.6 is 11.3 Å². The van der Waals surface area contributed by atoms with E-state index in [0.717, 1.165) is 0 Å². The van der Waals surface area contributed by atoms with Crippen molar-refractivity contribution in [2.45, 2.75) is 6.92 Å². The van der Waals surface area contributed by atoms with E-state index in [1.807, 2.05) is 0 Å². The summed E-state index contributed by atoms with van der Waals surface area (Å²) >= 11 is 1.31. The van der Waals surface area contributed by atoms with Gasteiger partial charge in [0, 0.05) is 17.8 Å². The second-order valence-corrected chi connectivity index (χ2v) is 4.91. The molecule has 0 fully saturated rings. The molecule has 3 heterocycles. The molecule has 3 rings (SSSR count). The molecule has 3 aromatic heterocycles. The predicted molar refractivity (Wildman–Crippen MR) is 73.1 cm³/mol. The Morgan fingerprint density at radius 2 is 2.29 bits per heavy atom. The first-order chi connectivity index (χ1) is 10.1. The van der Waals surface area contributed by atoms with Crippen molar-refractivity contribution in [3.63, 3.8) is 0 Å². The van der Waals surface area contributed by atoms with E-state index in [0.29, 0.717) is 4.96 Å². The number of thiazole rings is 1. The lowest BCUT2D eigenvalue weighted by molar-refractivity contribution is 0.0526. The van der Waals surface area contributed by atoms with Crippen molar-refractivity contribution in [2.75, 3.05) is 6.61 Å². The number of carbonyl (C=O) groups is 2. The van der Waals surface area contributed by atoms with Crippen molar-refractivity contribution in [3.05, 3.63) is 35.2 Å². The molecule has 0 atom stereocenters. The largest absolute Gasteiger partial charge is 0.476 e. The van der Waals surface area contributed by atoms with Gasteiger partial charge in [-0.15, -0.1) is 11.3 Å². The van der Waals surface area contributed by atoms with Gasteiger partial charge >= 0.3 is 11.9 Å². The molecule has 0 saturated heterocycles. The monoisotopic (exact) mass is 306 g/mol. The average Bonchev–Trinajstić information content (AvgIpc) is 3.12. The summed E-state index contributed by atoms with van der Waals surface area (Å²) in [5.41, 5.74) is 0.231. The van der Waals surface area contributed by atoms with E-state index in [1.165, 1.54) is 32.8 Å². The summed E-state index contributed by atoms with van der Waals surface area (Å²) in [6.45, 7) is 1.96. The maximum atomic E-state index is 11.6. The molecule has 0 aliphatic carbocycles.